The first-order valence-electron chi connectivity index (χ1n) is 9.79. The fraction of sp³-hybridized carbons (Fsp3) is 0.333. The molecule has 0 aliphatic heterocycles. The highest BCUT2D eigenvalue weighted by Crippen LogP contribution is 2.38. The van der Waals surface area contributed by atoms with Crippen LogP contribution in [0.5, 0.6) is 17.2 Å². The molecule has 0 spiro atoms. The summed E-state index contributed by atoms with van der Waals surface area (Å²) in [4.78, 5) is 35.3. The van der Waals surface area contributed by atoms with E-state index in [2.05, 4.69) is 4.74 Å². The SMILES string of the molecule is COC(=O)N(C)CCOC(=O)C(C)Oc1cc(Oc2ccc(C(F)(F)F)cc2Cl)ccc1[N+](=O)[O-]. The second-order valence-corrected chi connectivity index (χ2v) is 7.36. The number of amides is 1. The molecule has 0 N–H and O–H groups in total. The number of nitro groups is 1. The van der Waals surface area contributed by atoms with E-state index in [0.717, 1.165) is 29.2 Å². The van der Waals surface area contributed by atoms with Crippen LogP contribution in [-0.2, 0) is 20.4 Å². The Morgan fingerprint density at radius 1 is 1.17 bits per heavy atom. The molecule has 1 unspecified atom stereocenters. The molecule has 2 aromatic carbocycles. The van der Waals surface area contributed by atoms with Crippen molar-refractivity contribution in [1.29, 1.82) is 0 Å². The third kappa shape index (κ3) is 7.64. The Bertz CT molecular complexity index is 1100. The summed E-state index contributed by atoms with van der Waals surface area (Å²) in [6.07, 6.45) is -6.52. The first kappa shape index (κ1) is 27.5. The number of alkyl halides is 3. The molecule has 0 fully saturated rings. The van der Waals surface area contributed by atoms with Gasteiger partial charge in [0.25, 0.3) is 0 Å². The van der Waals surface area contributed by atoms with Gasteiger partial charge in [0.15, 0.2) is 6.10 Å². The first-order valence-corrected chi connectivity index (χ1v) is 10.2. The van der Waals surface area contributed by atoms with Gasteiger partial charge in [0.1, 0.15) is 18.1 Å². The number of carbonyl (C=O) groups is 2. The highest BCUT2D eigenvalue weighted by atomic mass is 35.5. The molecule has 35 heavy (non-hydrogen) atoms. The number of hydrogen-bond acceptors (Lipinski definition) is 8. The lowest BCUT2D eigenvalue weighted by Gasteiger charge is -2.17. The first-order chi connectivity index (χ1) is 16.3. The van der Waals surface area contributed by atoms with Crippen LogP contribution in [-0.4, -0.2) is 55.3 Å². The maximum Gasteiger partial charge on any atom is 0.416 e. The van der Waals surface area contributed by atoms with E-state index >= 15 is 0 Å². The minimum Gasteiger partial charge on any atom is -0.472 e. The Morgan fingerprint density at radius 2 is 1.86 bits per heavy atom. The molecule has 10 nitrogen and oxygen atoms in total. The van der Waals surface area contributed by atoms with Gasteiger partial charge in [-0.25, -0.2) is 9.59 Å². The van der Waals surface area contributed by atoms with E-state index in [-0.39, 0.29) is 35.4 Å². The number of halogens is 4. The Kier molecular flexibility index (Phi) is 9.12. The molecule has 14 heteroatoms. The topological polar surface area (TPSA) is 117 Å². The van der Waals surface area contributed by atoms with Gasteiger partial charge in [-0.3, -0.25) is 10.1 Å². The summed E-state index contributed by atoms with van der Waals surface area (Å²) in [5.74, 6) is -1.41. The minimum absolute atomic E-state index is 0.0303. The second-order valence-electron chi connectivity index (χ2n) is 6.95. The number of likely N-dealkylation sites (N-methyl/N-ethyl adjacent to an activating group) is 1. The van der Waals surface area contributed by atoms with Gasteiger partial charge >= 0.3 is 23.9 Å². The zero-order valence-corrected chi connectivity index (χ0v) is 19.4. The summed E-state index contributed by atoms with van der Waals surface area (Å²) in [7, 11) is 2.62. The van der Waals surface area contributed by atoms with Crippen LogP contribution in [0.4, 0.5) is 23.7 Å². The van der Waals surface area contributed by atoms with Gasteiger partial charge in [-0.1, -0.05) is 11.6 Å². The number of carbonyl (C=O) groups excluding carboxylic acids is 2. The van der Waals surface area contributed by atoms with E-state index in [0.29, 0.717) is 6.07 Å². The van der Waals surface area contributed by atoms with Crippen molar-refractivity contribution in [2.24, 2.45) is 0 Å². The zero-order chi connectivity index (χ0) is 26.3. The number of rotatable bonds is 9. The van der Waals surface area contributed by atoms with Crippen molar-refractivity contribution in [3.8, 4) is 17.2 Å². The normalized spacial score (nSPS) is 11.9. The van der Waals surface area contributed by atoms with E-state index in [1.807, 2.05) is 0 Å². The summed E-state index contributed by atoms with van der Waals surface area (Å²) in [6, 6.07) is 5.74. The molecule has 190 valence electrons. The lowest BCUT2D eigenvalue weighted by Crippen LogP contribution is -2.33. The van der Waals surface area contributed by atoms with Gasteiger partial charge in [0, 0.05) is 19.2 Å². The summed E-state index contributed by atoms with van der Waals surface area (Å²) in [5, 5.41) is 11.0. The third-order valence-electron chi connectivity index (χ3n) is 4.41. The fourth-order valence-corrected chi connectivity index (χ4v) is 2.80. The molecular weight excluding hydrogens is 501 g/mol. The molecular formula is C21H20ClF3N2O8. The third-order valence-corrected chi connectivity index (χ3v) is 4.70. The van der Waals surface area contributed by atoms with Crippen molar-refractivity contribution in [2.75, 3.05) is 27.3 Å². The number of hydrogen-bond donors (Lipinski definition) is 0. The van der Waals surface area contributed by atoms with Gasteiger partial charge in [-0.15, -0.1) is 0 Å². The van der Waals surface area contributed by atoms with Crippen LogP contribution in [0.25, 0.3) is 0 Å². The van der Waals surface area contributed by atoms with Crippen molar-refractivity contribution in [3.63, 3.8) is 0 Å². The van der Waals surface area contributed by atoms with Crippen LogP contribution in [0.15, 0.2) is 36.4 Å². The lowest BCUT2D eigenvalue weighted by atomic mass is 10.2. The molecule has 1 amide bonds. The van der Waals surface area contributed by atoms with Gasteiger partial charge < -0.3 is 23.8 Å². The Balaban J connectivity index is 2.14. The predicted molar refractivity (Wildman–Crippen MR) is 116 cm³/mol. The number of nitro benzene ring substituents is 1. The van der Waals surface area contributed by atoms with Gasteiger partial charge in [-0.2, -0.15) is 13.2 Å². The second kappa shape index (κ2) is 11.6. The van der Waals surface area contributed by atoms with Crippen molar-refractivity contribution in [2.45, 2.75) is 19.2 Å². The monoisotopic (exact) mass is 520 g/mol. The standard InChI is InChI=1S/C21H20ClF3N2O8/c1-12(19(28)33-9-8-26(2)20(29)32-3)34-18-11-14(5-6-16(18)27(30)31)35-17-7-4-13(10-15(17)22)21(23,24)25/h4-7,10-12H,8-9H2,1-3H3. The van der Waals surface area contributed by atoms with Crippen LogP contribution in [0.2, 0.25) is 5.02 Å². The van der Waals surface area contributed by atoms with Crippen LogP contribution in [0.3, 0.4) is 0 Å². The Hall–Kier alpha value is -3.74. The quantitative estimate of drug-likeness (QED) is 0.255. The molecule has 1 atom stereocenters. The maximum absolute atomic E-state index is 12.8. The molecule has 0 bridgehead atoms. The Morgan fingerprint density at radius 3 is 2.43 bits per heavy atom. The number of methoxy groups -OCH3 is 1. The van der Waals surface area contributed by atoms with E-state index in [1.165, 1.54) is 27.1 Å². The molecule has 0 radical (unpaired) electrons. The number of benzene rings is 2. The van der Waals surface area contributed by atoms with Crippen LogP contribution in [0.1, 0.15) is 12.5 Å². The maximum atomic E-state index is 12.8. The fourth-order valence-electron chi connectivity index (χ4n) is 2.58. The van der Waals surface area contributed by atoms with Crippen molar-refractivity contribution in [1.82, 2.24) is 4.90 Å². The molecule has 2 aromatic rings. The summed E-state index contributed by atoms with van der Waals surface area (Å²) in [6.45, 7) is 1.13. The van der Waals surface area contributed by atoms with E-state index in [4.69, 9.17) is 25.8 Å². The Labute approximate surface area is 202 Å². The smallest absolute Gasteiger partial charge is 0.416 e. The summed E-state index contributed by atoms with van der Waals surface area (Å²) in [5.41, 5.74) is -1.48. The molecule has 0 heterocycles. The van der Waals surface area contributed by atoms with Crippen LogP contribution >= 0.6 is 11.6 Å². The molecule has 0 aliphatic rings. The van der Waals surface area contributed by atoms with E-state index < -0.39 is 40.5 Å². The number of esters is 1. The zero-order valence-electron chi connectivity index (χ0n) is 18.6. The van der Waals surface area contributed by atoms with E-state index in [1.54, 1.807) is 0 Å². The average Bonchev–Trinajstić information content (AvgIpc) is 2.78. The molecule has 0 saturated heterocycles. The van der Waals surface area contributed by atoms with Crippen LogP contribution in [0, 0.1) is 10.1 Å². The molecule has 0 saturated carbocycles. The van der Waals surface area contributed by atoms with E-state index in [9.17, 15) is 32.9 Å². The predicted octanol–water partition coefficient (Wildman–Crippen LogP) is 5.07. The van der Waals surface area contributed by atoms with Crippen molar-refractivity contribution >= 4 is 29.4 Å². The largest absolute Gasteiger partial charge is 0.472 e. The molecule has 2 rings (SSSR count). The van der Waals surface area contributed by atoms with Crippen molar-refractivity contribution < 1.29 is 46.6 Å². The highest BCUT2D eigenvalue weighted by molar-refractivity contribution is 6.32. The molecule has 0 aliphatic carbocycles. The molecule has 0 aromatic heterocycles. The van der Waals surface area contributed by atoms with Gasteiger partial charge in [0.05, 0.1) is 29.2 Å². The number of ether oxygens (including phenoxy) is 4. The highest BCUT2D eigenvalue weighted by Gasteiger charge is 2.31. The average molecular weight is 521 g/mol. The number of nitrogens with zero attached hydrogens (tertiary/aromatic N) is 2. The lowest BCUT2D eigenvalue weighted by molar-refractivity contribution is -0.386. The van der Waals surface area contributed by atoms with Crippen molar-refractivity contribution in [3.05, 3.63) is 57.1 Å². The van der Waals surface area contributed by atoms with Crippen LogP contribution < -0.4 is 9.47 Å². The van der Waals surface area contributed by atoms with Gasteiger partial charge in [0.2, 0.25) is 5.75 Å². The summed E-state index contributed by atoms with van der Waals surface area (Å²) >= 11 is 5.87. The summed E-state index contributed by atoms with van der Waals surface area (Å²) < 4.78 is 58.8. The van der Waals surface area contributed by atoms with Gasteiger partial charge in [-0.05, 0) is 31.2 Å². The minimum atomic E-state index is -4.60.